The Hall–Kier alpha value is -1.50. The number of halogens is 1. The third kappa shape index (κ3) is 3.71. The molecule has 1 aromatic carbocycles. The van der Waals surface area contributed by atoms with Gasteiger partial charge in [-0.1, -0.05) is 0 Å². The number of carbonyl (C=O) groups excluding carboxylic acids is 1. The van der Waals surface area contributed by atoms with Gasteiger partial charge in [0.05, 0.1) is 20.8 Å². The molecule has 23 heavy (non-hydrogen) atoms. The number of methoxy groups -OCH3 is 2. The van der Waals surface area contributed by atoms with E-state index < -0.39 is 0 Å². The molecule has 1 saturated heterocycles. The van der Waals surface area contributed by atoms with Gasteiger partial charge in [0.2, 0.25) is 0 Å². The average Bonchev–Trinajstić information content (AvgIpc) is 2.60. The molecular formula is C16H23ClN2O4. The smallest absolute Gasteiger partial charge is 0.253 e. The van der Waals surface area contributed by atoms with E-state index in [0.717, 1.165) is 24.3 Å². The summed E-state index contributed by atoms with van der Waals surface area (Å²) in [6, 6.07) is 3.97. The Morgan fingerprint density at radius 1 is 1.26 bits per heavy atom. The SMILES string of the molecule is COc1cc2c(cc1OC)CN(C(=O)C1CNCCO1)CC2.Cl. The van der Waals surface area contributed by atoms with Crippen LogP contribution in [0.3, 0.4) is 0 Å². The second-order valence-electron chi connectivity index (χ2n) is 5.55. The third-order valence-electron chi connectivity index (χ3n) is 4.23. The summed E-state index contributed by atoms with van der Waals surface area (Å²) in [4.78, 5) is 14.4. The zero-order valence-electron chi connectivity index (χ0n) is 13.5. The maximum absolute atomic E-state index is 12.5. The molecule has 1 unspecified atom stereocenters. The third-order valence-corrected chi connectivity index (χ3v) is 4.23. The topological polar surface area (TPSA) is 60.0 Å². The average molecular weight is 343 g/mol. The summed E-state index contributed by atoms with van der Waals surface area (Å²) in [5.74, 6) is 1.50. The van der Waals surface area contributed by atoms with Crippen molar-refractivity contribution in [2.45, 2.75) is 19.1 Å². The Balaban J connectivity index is 0.00000192. The Bertz CT molecular complexity index is 561. The van der Waals surface area contributed by atoms with E-state index in [-0.39, 0.29) is 24.4 Å². The summed E-state index contributed by atoms with van der Waals surface area (Å²) in [5.41, 5.74) is 2.32. The number of hydrogen-bond acceptors (Lipinski definition) is 5. The van der Waals surface area contributed by atoms with Crippen molar-refractivity contribution in [2.75, 3.05) is 40.5 Å². The standard InChI is InChI=1S/C16H22N2O4.ClH/c1-20-13-7-11-3-5-18(10-12(11)8-14(13)21-2)16(19)15-9-17-4-6-22-15;/h7-8,15,17H,3-6,9-10H2,1-2H3;1H. The van der Waals surface area contributed by atoms with Crippen molar-refractivity contribution in [2.24, 2.45) is 0 Å². The molecule has 0 radical (unpaired) electrons. The van der Waals surface area contributed by atoms with Crippen LogP contribution in [0.4, 0.5) is 0 Å². The van der Waals surface area contributed by atoms with Crippen molar-refractivity contribution in [1.82, 2.24) is 10.2 Å². The number of morpholine rings is 1. The Morgan fingerprint density at radius 2 is 1.96 bits per heavy atom. The van der Waals surface area contributed by atoms with Gasteiger partial charge in [0, 0.05) is 26.2 Å². The number of nitrogens with one attached hydrogen (secondary N) is 1. The van der Waals surface area contributed by atoms with Gasteiger partial charge >= 0.3 is 0 Å². The molecule has 1 N–H and O–H groups in total. The van der Waals surface area contributed by atoms with E-state index in [2.05, 4.69) is 5.32 Å². The first-order valence-electron chi connectivity index (χ1n) is 7.58. The lowest BCUT2D eigenvalue weighted by atomic mass is 9.98. The first kappa shape index (κ1) is 17.8. The summed E-state index contributed by atoms with van der Waals surface area (Å²) < 4.78 is 16.3. The summed E-state index contributed by atoms with van der Waals surface area (Å²) in [7, 11) is 3.26. The molecule has 0 spiro atoms. The minimum Gasteiger partial charge on any atom is -0.493 e. The zero-order valence-corrected chi connectivity index (χ0v) is 14.3. The number of amides is 1. The van der Waals surface area contributed by atoms with Crippen LogP contribution in [0.15, 0.2) is 12.1 Å². The molecule has 0 aliphatic carbocycles. The number of hydrogen-bond donors (Lipinski definition) is 1. The van der Waals surface area contributed by atoms with Gasteiger partial charge in [0.25, 0.3) is 5.91 Å². The van der Waals surface area contributed by atoms with Crippen LogP contribution in [-0.4, -0.2) is 57.4 Å². The number of carbonyl (C=O) groups is 1. The van der Waals surface area contributed by atoms with Gasteiger partial charge in [-0.3, -0.25) is 4.79 Å². The highest BCUT2D eigenvalue weighted by molar-refractivity contribution is 5.85. The Labute approximate surface area is 142 Å². The van der Waals surface area contributed by atoms with Crippen molar-refractivity contribution in [3.05, 3.63) is 23.3 Å². The first-order chi connectivity index (χ1) is 10.7. The normalized spacial score (nSPS) is 20.3. The van der Waals surface area contributed by atoms with Crippen molar-refractivity contribution in [1.29, 1.82) is 0 Å². The second kappa shape index (κ2) is 7.86. The van der Waals surface area contributed by atoms with E-state index >= 15 is 0 Å². The summed E-state index contributed by atoms with van der Waals surface area (Å²) in [6.45, 7) is 3.29. The van der Waals surface area contributed by atoms with Crippen LogP contribution in [0.25, 0.3) is 0 Å². The van der Waals surface area contributed by atoms with Crippen LogP contribution in [0.2, 0.25) is 0 Å². The van der Waals surface area contributed by atoms with Crippen molar-refractivity contribution in [3.63, 3.8) is 0 Å². The molecule has 1 amide bonds. The van der Waals surface area contributed by atoms with Crippen molar-refractivity contribution >= 4 is 18.3 Å². The number of ether oxygens (including phenoxy) is 3. The Kier molecular flexibility index (Phi) is 6.10. The van der Waals surface area contributed by atoms with Crippen LogP contribution < -0.4 is 14.8 Å². The second-order valence-corrected chi connectivity index (χ2v) is 5.55. The quantitative estimate of drug-likeness (QED) is 0.888. The van der Waals surface area contributed by atoms with E-state index in [0.29, 0.717) is 32.0 Å². The van der Waals surface area contributed by atoms with Gasteiger partial charge < -0.3 is 24.4 Å². The first-order valence-corrected chi connectivity index (χ1v) is 7.58. The molecule has 0 aromatic heterocycles. The molecule has 2 heterocycles. The molecule has 1 fully saturated rings. The van der Waals surface area contributed by atoms with Crippen LogP contribution in [0, 0.1) is 0 Å². The van der Waals surface area contributed by atoms with Crippen LogP contribution in [0.5, 0.6) is 11.5 Å². The molecule has 1 atom stereocenters. The lowest BCUT2D eigenvalue weighted by Gasteiger charge is -2.33. The maximum Gasteiger partial charge on any atom is 0.253 e. The lowest BCUT2D eigenvalue weighted by Crippen LogP contribution is -2.50. The van der Waals surface area contributed by atoms with Crippen molar-refractivity contribution < 1.29 is 19.0 Å². The van der Waals surface area contributed by atoms with Crippen molar-refractivity contribution in [3.8, 4) is 11.5 Å². The molecule has 1 aromatic rings. The Morgan fingerprint density at radius 3 is 2.57 bits per heavy atom. The van der Waals surface area contributed by atoms with E-state index in [1.807, 2.05) is 17.0 Å². The summed E-state index contributed by atoms with van der Waals surface area (Å²) in [5, 5.41) is 3.20. The largest absolute Gasteiger partial charge is 0.493 e. The highest BCUT2D eigenvalue weighted by Crippen LogP contribution is 2.33. The van der Waals surface area contributed by atoms with E-state index in [1.54, 1.807) is 14.2 Å². The van der Waals surface area contributed by atoms with Gasteiger partial charge in [-0.25, -0.2) is 0 Å². The molecule has 7 heteroatoms. The van der Waals surface area contributed by atoms with E-state index in [4.69, 9.17) is 14.2 Å². The molecule has 2 aliphatic heterocycles. The van der Waals surface area contributed by atoms with Crippen LogP contribution in [-0.2, 0) is 22.5 Å². The van der Waals surface area contributed by atoms with E-state index in [1.165, 1.54) is 5.56 Å². The van der Waals surface area contributed by atoms with Gasteiger partial charge in [0.1, 0.15) is 6.10 Å². The van der Waals surface area contributed by atoms with Gasteiger partial charge in [-0.05, 0) is 29.7 Å². The highest BCUT2D eigenvalue weighted by atomic mass is 35.5. The summed E-state index contributed by atoms with van der Waals surface area (Å²) in [6.07, 6.45) is 0.456. The molecule has 2 aliphatic rings. The fraction of sp³-hybridized carbons (Fsp3) is 0.562. The molecule has 128 valence electrons. The molecule has 6 nitrogen and oxygen atoms in total. The van der Waals surface area contributed by atoms with Gasteiger partial charge in [-0.2, -0.15) is 0 Å². The fourth-order valence-electron chi connectivity index (χ4n) is 3.00. The van der Waals surface area contributed by atoms with Crippen LogP contribution >= 0.6 is 12.4 Å². The maximum atomic E-state index is 12.5. The lowest BCUT2D eigenvalue weighted by molar-refractivity contribution is -0.146. The molecular weight excluding hydrogens is 320 g/mol. The number of nitrogens with zero attached hydrogens (tertiary/aromatic N) is 1. The predicted octanol–water partition coefficient (Wildman–Crippen LogP) is 0.999. The number of fused-ring (bicyclic) bond motifs is 1. The van der Waals surface area contributed by atoms with Crippen LogP contribution in [0.1, 0.15) is 11.1 Å². The molecule has 0 bridgehead atoms. The molecule has 0 saturated carbocycles. The minimum atomic E-state index is -0.365. The zero-order chi connectivity index (χ0) is 15.5. The molecule has 3 rings (SSSR count). The fourth-order valence-corrected chi connectivity index (χ4v) is 3.00. The monoisotopic (exact) mass is 342 g/mol. The van der Waals surface area contributed by atoms with Gasteiger partial charge in [-0.15, -0.1) is 12.4 Å². The predicted molar refractivity (Wildman–Crippen MR) is 88.5 cm³/mol. The minimum absolute atomic E-state index is 0. The summed E-state index contributed by atoms with van der Waals surface area (Å²) >= 11 is 0. The van der Waals surface area contributed by atoms with Gasteiger partial charge in [0.15, 0.2) is 11.5 Å². The highest BCUT2D eigenvalue weighted by Gasteiger charge is 2.29. The van der Waals surface area contributed by atoms with E-state index in [9.17, 15) is 4.79 Å². The number of benzene rings is 1. The number of rotatable bonds is 3.